The summed E-state index contributed by atoms with van der Waals surface area (Å²) in [6.45, 7) is 2.31. The molecule has 0 unspecified atom stereocenters. The Morgan fingerprint density at radius 1 is 1.35 bits per heavy atom. The van der Waals surface area contributed by atoms with E-state index in [4.69, 9.17) is 0 Å². The average Bonchev–Trinajstić information content (AvgIpc) is 3.06. The molecular weight excluding hydrogens is 254 g/mol. The molecule has 1 amide bonds. The van der Waals surface area contributed by atoms with E-state index in [0.29, 0.717) is 12.4 Å². The monoisotopic (exact) mass is 269 g/mol. The lowest BCUT2D eigenvalue weighted by Crippen LogP contribution is -2.26. The van der Waals surface area contributed by atoms with Crippen molar-refractivity contribution in [2.24, 2.45) is 0 Å². The van der Waals surface area contributed by atoms with Gasteiger partial charge in [-0.15, -0.1) is 5.10 Å². The minimum Gasteiger partial charge on any atom is -0.361 e. The lowest BCUT2D eigenvalue weighted by atomic mass is 10.1. The van der Waals surface area contributed by atoms with Gasteiger partial charge < -0.3 is 10.3 Å². The van der Waals surface area contributed by atoms with Crippen molar-refractivity contribution >= 4 is 16.8 Å². The Balaban J connectivity index is 1.61. The van der Waals surface area contributed by atoms with Gasteiger partial charge in [-0.2, -0.15) is 0 Å². The van der Waals surface area contributed by atoms with E-state index in [9.17, 15) is 4.79 Å². The first kappa shape index (κ1) is 12.4. The van der Waals surface area contributed by atoms with Crippen LogP contribution in [0.2, 0.25) is 0 Å². The van der Waals surface area contributed by atoms with E-state index in [-0.39, 0.29) is 11.7 Å². The first-order valence-electron chi connectivity index (χ1n) is 6.46. The van der Waals surface area contributed by atoms with Gasteiger partial charge in [0.2, 0.25) is 5.82 Å². The van der Waals surface area contributed by atoms with Crippen molar-refractivity contribution in [3.63, 3.8) is 0 Å². The maximum absolute atomic E-state index is 11.8. The number of H-pyrrole nitrogens is 2. The van der Waals surface area contributed by atoms with Crippen LogP contribution in [-0.4, -0.2) is 32.6 Å². The molecule has 0 saturated carbocycles. The van der Waals surface area contributed by atoms with E-state index in [0.717, 1.165) is 11.9 Å². The highest BCUT2D eigenvalue weighted by Gasteiger charge is 2.10. The summed E-state index contributed by atoms with van der Waals surface area (Å²) in [7, 11) is 0. The summed E-state index contributed by atoms with van der Waals surface area (Å²) in [5, 5.41) is 10.5. The largest absolute Gasteiger partial charge is 0.361 e. The fourth-order valence-electron chi connectivity index (χ4n) is 2.17. The van der Waals surface area contributed by atoms with E-state index in [2.05, 4.69) is 31.5 Å². The van der Waals surface area contributed by atoms with Gasteiger partial charge in [-0.25, -0.2) is 4.98 Å². The van der Waals surface area contributed by atoms with E-state index in [1.54, 1.807) is 6.92 Å². The number of aromatic nitrogens is 4. The van der Waals surface area contributed by atoms with Crippen LogP contribution in [0, 0.1) is 6.92 Å². The van der Waals surface area contributed by atoms with Crippen molar-refractivity contribution in [3.05, 3.63) is 47.7 Å². The summed E-state index contributed by atoms with van der Waals surface area (Å²) in [5.74, 6) is 0.558. The highest BCUT2D eigenvalue weighted by molar-refractivity contribution is 5.90. The Morgan fingerprint density at radius 2 is 2.20 bits per heavy atom. The molecular formula is C14H15N5O. The van der Waals surface area contributed by atoms with Crippen LogP contribution in [0.25, 0.3) is 10.9 Å². The van der Waals surface area contributed by atoms with Crippen molar-refractivity contribution in [2.75, 3.05) is 6.54 Å². The Hall–Kier alpha value is -2.63. The van der Waals surface area contributed by atoms with Crippen molar-refractivity contribution < 1.29 is 4.79 Å². The summed E-state index contributed by atoms with van der Waals surface area (Å²) in [6.07, 6.45) is 2.74. The molecule has 0 spiro atoms. The zero-order chi connectivity index (χ0) is 13.9. The van der Waals surface area contributed by atoms with Gasteiger partial charge in [0.15, 0.2) is 0 Å². The molecule has 2 heterocycles. The molecule has 0 fully saturated rings. The summed E-state index contributed by atoms with van der Waals surface area (Å²) in [5.41, 5.74) is 2.30. The van der Waals surface area contributed by atoms with Gasteiger partial charge in [0.25, 0.3) is 5.91 Å². The van der Waals surface area contributed by atoms with Gasteiger partial charge >= 0.3 is 0 Å². The third-order valence-electron chi connectivity index (χ3n) is 3.16. The minimum absolute atomic E-state index is 0.182. The van der Waals surface area contributed by atoms with Gasteiger partial charge in [0, 0.05) is 23.6 Å². The van der Waals surface area contributed by atoms with Crippen LogP contribution < -0.4 is 5.32 Å². The lowest BCUT2D eigenvalue weighted by Gasteiger charge is -2.01. The molecule has 0 aliphatic rings. The van der Waals surface area contributed by atoms with Crippen LogP contribution in [0.3, 0.4) is 0 Å². The Kier molecular flexibility index (Phi) is 3.20. The second-order valence-corrected chi connectivity index (χ2v) is 4.61. The number of carbonyl (C=O) groups is 1. The molecule has 3 N–H and O–H groups in total. The molecule has 1 aromatic carbocycles. The van der Waals surface area contributed by atoms with E-state index >= 15 is 0 Å². The molecule has 0 aliphatic heterocycles. The molecule has 3 aromatic rings. The van der Waals surface area contributed by atoms with Crippen molar-refractivity contribution in [1.29, 1.82) is 0 Å². The normalized spacial score (nSPS) is 10.8. The number of amides is 1. The van der Waals surface area contributed by atoms with Gasteiger partial charge in [0.1, 0.15) is 5.82 Å². The zero-order valence-electron chi connectivity index (χ0n) is 11.1. The molecule has 0 radical (unpaired) electrons. The van der Waals surface area contributed by atoms with Crippen LogP contribution in [0.5, 0.6) is 0 Å². The second kappa shape index (κ2) is 5.16. The number of rotatable bonds is 4. The summed E-state index contributed by atoms with van der Waals surface area (Å²) >= 11 is 0. The Bertz CT molecular complexity index is 743. The van der Waals surface area contributed by atoms with E-state index < -0.39 is 0 Å². The number of fused-ring (bicyclic) bond motifs is 1. The summed E-state index contributed by atoms with van der Waals surface area (Å²) < 4.78 is 0. The third-order valence-corrected chi connectivity index (χ3v) is 3.16. The maximum Gasteiger partial charge on any atom is 0.290 e. The number of hydrogen-bond donors (Lipinski definition) is 3. The summed E-state index contributed by atoms with van der Waals surface area (Å²) in [4.78, 5) is 19.0. The highest BCUT2D eigenvalue weighted by Crippen LogP contribution is 2.17. The number of hydrogen-bond acceptors (Lipinski definition) is 3. The Morgan fingerprint density at radius 3 is 3.00 bits per heavy atom. The predicted octanol–water partition coefficient (Wildman–Crippen LogP) is 1.57. The molecule has 102 valence electrons. The van der Waals surface area contributed by atoms with Gasteiger partial charge in [-0.3, -0.25) is 9.89 Å². The van der Waals surface area contributed by atoms with Crippen molar-refractivity contribution in [1.82, 2.24) is 25.5 Å². The number of aromatic amines is 2. The maximum atomic E-state index is 11.8. The third kappa shape index (κ3) is 2.40. The minimum atomic E-state index is -0.255. The molecule has 0 aliphatic carbocycles. The number of para-hydroxylation sites is 1. The second-order valence-electron chi connectivity index (χ2n) is 4.61. The van der Waals surface area contributed by atoms with Gasteiger partial charge in [-0.05, 0) is 25.0 Å². The highest BCUT2D eigenvalue weighted by atomic mass is 16.2. The average molecular weight is 269 g/mol. The molecule has 2 aromatic heterocycles. The molecule has 0 atom stereocenters. The van der Waals surface area contributed by atoms with Crippen LogP contribution in [0.1, 0.15) is 22.0 Å². The smallest absolute Gasteiger partial charge is 0.290 e. The topological polar surface area (TPSA) is 86.5 Å². The van der Waals surface area contributed by atoms with Crippen molar-refractivity contribution in [3.8, 4) is 0 Å². The predicted molar refractivity (Wildman–Crippen MR) is 75.5 cm³/mol. The number of nitrogens with one attached hydrogen (secondary N) is 3. The number of aryl methyl sites for hydroxylation is 1. The van der Waals surface area contributed by atoms with E-state index in [1.807, 2.05) is 24.4 Å². The standard InChI is InChI=1S/C14H15N5O/c1-9-17-13(19-18-9)14(20)15-7-6-10-8-16-12-5-3-2-4-11(10)12/h2-5,8,16H,6-7H2,1H3,(H,15,20)(H,17,18,19). The molecule has 6 heteroatoms. The molecule has 3 rings (SSSR count). The number of nitrogens with zero attached hydrogens (tertiary/aromatic N) is 2. The van der Waals surface area contributed by atoms with Crippen LogP contribution in [-0.2, 0) is 6.42 Å². The van der Waals surface area contributed by atoms with Crippen molar-refractivity contribution in [2.45, 2.75) is 13.3 Å². The van der Waals surface area contributed by atoms with Crippen LogP contribution >= 0.6 is 0 Å². The molecule has 6 nitrogen and oxygen atoms in total. The zero-order valence-corrected chi connectivity index (χ0v) is 11.1. The fraction of sp³-hybridized carbons (Fsp3) is 0.214. The fourth-order valence-corrected chi connectivity index (χ4v) is 2.17. The first-order chi connectivity index (χ1) is 9.74. The molecule has 0 bridgehead atoms. The van der Waals surface area contributed by atoms with E-state index in [1.165, 1.54) is 10.9 Å². The number of benzene rings is 1. The number of carbonyl (C=O) groups excluding carboxylic acids is 1. The van der Waals surface area contributed by atoms with Crippen LogP contribution in [0.4, 0.5) is 0 Å². The van der Waals surface area contributed by atoms with Crippen LogP contribution in [0.15, 0.2) is 30.5 Å². The summed E-state index contributed by atoms with van der Waals surface area (Å²) in [6, 6.07) is 8.11. The first-order valence-corrected chi connectivity index (χ1v) is 6.46. The molecule has 0 saturated heterocycles. The Labute approximate surface area is 115 Å². The van der Waals surface area contributed by atoms with Gasteiger partial charge in [-0.1, -0.05) is 18.2 Å². The molecule has 20 heavy (non-hydrogen) atoms. The van der Waals surface area contributed by atoms with Gasteiger partial charge in [0.05, 0.1) is 0 Å². The quantitative estimate of drug-likeness (QED) is 0.672. The SMILES string of the molecule is Cc1nc(C(=O)NCCc2c[nH]c3ccccc23)n[nH]1. The lowest BCUT2D eigenvalue weighted by molar-refractivity contribution is 0.0944.